The molecule has 3 rings (SSSR count). The number of carbonyl (C=O) groups is 1. The topological polar surface area (TPSA) is 78.9 Å². The molecule has 0 aliphatic carbocycles. The zero-order valence-corrected chi connectivity index (χ0v) is 15.4. The van der Waals surface area contributed by atoms with Crippen molar-refractivity contribution >= 4 is 11.7 Å². The van der Waals surface area contributed by atoms with Crippen LogP contribution in [-0.4, -0.2) is 21.6 Å². The number of hydrogen-bond acceptors (Lipinski definition) is 2. The largest absolute Gasteiger partial charge is 0.335 e. The van der Waals surface area contributed by atoms with Crippen molar-refractivity contribution in [2.24, 2.45) is 0 Å². The van der Waals surface area contributed by atoms with Crippen molar-refractivity contribution < 1.29 is 13.6 Å². The second-order valence-corrected chi connectivity index (χ2v) is 6.49. The van der Waals surface area contributed by atoms with Crippen LogP contribution in [0.15, 0.2) is 53.5 Å². The minimum absolute atomic E-state index is 0.00392. The second-order valence-electron chi connectivity index (χ2n) is 6.49. The maximum Gasteiger partial charge on any atom is 0.330 e. The third-order valence-corrected chi connectivity index (χ3v) is 4.30. The molecule has 0 bridgehead atoms. The van der Waals surface area contributed by atoms with Crippen molar-refractivity contribution in [1.82, 2.24) is 14.9 Å². The number of urea groups is 1. The third kappa shape index (κ3) is 4.11. The molecule has 3 N–H and O–H groups in total. The number of H-pyrrole nitrogens is 1. The third-order valence-electron chi connectivity index (χ3n) is 4.30. The Morgan fingerprint density at radius 2 is 1.82 bits per heavy atom. The molecule has 6 nitrogen and oxygen atoms in total. The molecule has 0 aliphatic heterocycles. The van der Waals surface area contributed by atoms with Crippen LogP contribution in [0.3, 0.4) is 0 Å². The van der Waals surface area contributed by atoms with E-state index < -0.39 is 23.7 Å². The highest BCUT2D eigenvalue weighted by molar-refractivity contribution is 5.91. The van der Waals surface area contributed by atoms with Gasteiger partial charge in [0.05, 0.1) is 11.4 Å². The number of nitrogens with zero attached hydrogens (tertiary/aromatic N) is 1. The predicted octanol–water partition coefficient (Wildman–Crippen LogP) is 3.50. The lowest BCUT2D eigenvalue weighted by Crippen LogP contribution is -2.38. The first-order chi connectivity index (χ1) is 13.4. The number of halogens is 2. The number of nitrogens with one attached hydrogen (secondary N) is 3. The Hall–Kier alpha value is -3.42. The number of imidazole rings is 1. The normalized spacial score (nSPS) is 11.9. The summed E-state index contributed by atoms with van der Waals surface area (Å²) in [6.07, 6.45) is 1.58. The number of anilines is 1. The maximum absolute atomic E-state index is 13.8. The molecule has 1 unspecified atom stereocenters. The molecule has 3 aromatic rings. The Labute approximate surface area is 160 Å². The summed E-state index contributed by atoms with van der Waals surface area (Å²) in [6.45, 7) is 3.41. The van der Waals surface area contributed by atoms with Gasteiger partial charge in [0.15, 0.2) is 0 Å². The second kappa shape index (κ2) is 8.08. The van der Waals surface area contributed by atoms with Crippen molar-refractivity contribution in [3.8, 4) is 5.69 Å². The number of rotatable bonds is 5. The van der Waals surface area contributed by atoms with Crippen LogP contribution in [0.5, 0.6) is 0 Å². The van der Waals surface area contributed by atoms with Gasteiger partial charge in [0.1, 0.15) is 11.6 Å². The maximum atomic E-state index is 13.8. The molecule has 0 fully saturated rings. The Balaban J connectivity index is 1.73. The van der Waals surface area contributed by atoms with Gasteiger partial charge < -0.3 is 15.6 Å². The Morgan fingerprint density at radius 3 is 2.46 bits per heavy atom. The minimum Gasteiger partial charge on any atom is -0.335 e. The van der Waals surface area contributed by atoms with Gasteiger partial charge in [-0.15, -0.1) is 0 Å². The van der Waals surface area contributed by atoms with Gasteiger partial charge in [0.25, 0.3) is 0 Å². The monoisotopic (exact) mass is 386 g/mol. The quantitative estimate of drug-likeness (QED) is 0.628. The fraction of sp³-hybridized carbons (Fsp3) is 0.200. The van der Waals surface area contributed by atoms with E-state index in [1.54, 1.807) is 44.3 Å². The van der Waals surface area contributed by atoms with Crippen LogP contribution in [0.2, 0.25) is 0 Å². The highest BCUT2D eigenvalue weighted by Gasteiger charge is 2.16. The molecule has 0 aliphatic rings. The van der Waals surface area contributed by atoms with Crippen LogP contribution < -0.4 is 16.3 Å². The number of aryl methyl sites for hydroxylation is 1. The van der Waals surface area contributed by atoms with Gasteiger partial charge in [0, 0.05) is 23.5 Å². The van der Waals surface area contributed by atoms with Crippen LogP contribution >= 0.6 is 0 Å². The summed E-state index contributed by atoms with van der Waals surface area (Å²) in [7, 11) is 0. The van der Waals surface area contributed by atoms with Crippen LogP contribution in [-0.2, 0) is 6.42 Å². The van der Waals surface area contributed by atoms with E-state index in [1.165, 1.54) is 22.8 Å². The van der Waals surface area contributed by atoms with Crippen LogP contribution in [0, 0.1) is 18.6 Å². The molecule has 0 saturated carbocycles. The number of aromatic amines is 1. The van der Waals surface area contributed by atoms with E-state index in [0.29, 0.717) is 17.1 Å². The average molecular weight is 386 g/mol. The summed E-state index contributed by atoms with van der Waals surface area (Å²) in [6, 6.07) is 9.43. The standard InChI is InChI=1S/C20H20F2N4O2/c1-12(10-14-15(21)6-5-7-16(14)22)24-19(27)25-17-8-3-4-9-18(17)26-13(2)11-23-20(26)28/h3-9,11-12H,10H2,1-2H3,(H,23,28)(H2,24,25,27). The molecule has 146 valence electrons. The van der Waals surface area contributed by atoms with Gasteiger partial charge in [-0.25, -0.2) is 18.4 Å². The number of amides is 2. The van der Waals surface area contributed by atoms with Gasteiger partial charge >= 0.3 is 11.7 Å². The van der Waals surface area contributed by atoms with E-state index in [4.69, 9.17) is 0 Å². The van der Waals surface area contributed by atoms with Gasteiger partial charge in [-0.05, 0) is 44.5 Å². The summed E-state index contributed by atoms with van der Waals surface area (Å²) >= 11 is 0. The van der Waals surface area contributed by atoms with Crippen molar-refractivity contribution in [3.05, 3.63) is 82.0 Å². The lowest BCUT2D eigenvalue weighted by Gasteiger charge is -2.17. The molecule has 0 radical (unpaired) electrons. The lowest BCUT2D eigenvalue weighted by molar-refractivity contribution is 0.249. The molecule has 28 heavy (non-hydrogen) atoms. The molecule has 1 atom stereocenters. The van der Waals surface area contributed by atoms with Crippen molar-refractivity contribution in [3.63, 3.8) is 0 Å². The average Bonchev–Trinajstić information content (AvgIpc) is 2.97. The van der Waals surface area contributed by atoms with Crippen molar-refractivity contribution in [2.45, 2.75) is 26.3 Å². The number of carbonyl (C=O) groups excluding carboxylic acids is 1. The smallest absolute Gasteiger partial charge is 0.330 e. The van der Waals surface area contributed by atoms with E-state index >= 15 is 0 Å². The molecule has 8 heteroatoms. The first-order valence-corrected chi connectivity index (χ1v) is 8.73. The summed E-state index contributed by atoms with van der Waals surface area (Å²) < 4.78 is 29.0. The highest BCUT2D eigenvalue weighted by atomic mass is 19.1. The molecule has 0 saturated heterocycles. The molecule has 2 aromatic carbocycles. The number of benzene rings is 2. The number of aromatic nitrogens is 2. The number of para-hydroxylation sites is 2. The SMILES string of the molecule is Cc1c[nH]c(=O)n1-c1ccccc1NC(=O)NC(C)Cc1c(F)cccc1F. The van der Waals surface area contributed by atoms with Crippen molar-refractivity contribution in [2.75, 3.05) is 5.32 Å². The van der Waals surface area contributed by atoms with E-state index in [9.17, 15) is 18.4 Å². The van der Waals surface area contributed by atoms with E-state index in [2.05, 4.69) is 15.6 Å². The van der Waals surface area contributed by atoms with Gasteiger partial charge in [0.2, 0.25) is 0 Å². The Morgan fingerprint density at radius 1 is 1.14 bits per heavy atom. The fourth-order valence-corrected chi connectivity index (χ4v) is 3.00. The summed E-state index contributed by atoms with van der Waals surface area (Å²) in [5, 5.41) is 5.34. The van der Waals surface area contributed by atoms with Crippen LogP contribution in [0.4, 0.5) is 19.3 Å². The molecule has 2 amide bonds. The predicted molar refractivity (Wildman–Crippen MR) is 103 cm³/mol. The van der Waals surface area contributed by atoms with Gasteiger partial charge in [-0.3, -0.25) is 4.57 Å². The Bertz CT molecular complexity index is 1040. The molecular formula is C20H20F2N4O2. The highest BCUT2D eigenvalue weighted by Crippen LogP contribution is 2.20. The van der Waals surface area contributed by atoms with E-state index in [1.807, 2.05) is 0 Å². The molecule has 1 aromatic heterocycles. The first kappa shape index (κ1) is 19.3. The summed E-state index contributed by atoms with van der Waals surface area (Å²) in [4.78, 5) is 27.0. The van der Waals surface area contributed by atoms with Crippen LogP contribution in [0.25, 0.3) is 5.69 Å². The van der Waals surface area contributed by atoms with Gasteiger partial charge in [-0.2, -0.15) is 0 Å². The van der Waals surface area contributed by atoms with E-state index in [0.717, 1.165) is 0 Å². The molecule has 0 spiro atoms. The van der Waals surface area contributed by atoms with Gasteiger partial charge in [-0.1, -0.05) is 18.2 Å². The molecule has 1 heterocycles. The Kier molecular flexibility index (Phi) is 5.58. The minimum atomic E-state index is -0.651. The first-order valence-electron chi connectivity index (χ1n) is 8.73. The number of hydrogen-bond donors (Lipinski definition) is 3. The molecular weight excluding hydrogens is 366 g/mol. The van der Waals surface area contributed by atoms with E-state index in [-0.39, 0.29) is 17.7 Å². The van der Waals surface area contributed by atoms with Crippen molar-refractivity contribution in [1.29, 1.82) is 0 Å². The van der Waals surface area contributed by atoms with Crippen LogP contribution in [0.1, 0.15) is 18.2 Å². The fourth-order valence-electron chi connectivity index (χ4n) is 3.00. The summed E-state index contributed by atoms with van der Waals surface area (Å²) in [5.41, 5.74) is 1.21. The zero-order valence-electron chi connectivity index (χ0n) is 15.4. The summed E-state index contributed by atoms with van der Waals surface area (Å²) in [5.74, 6) is -1.30. The zero-order chi connectivity index (χ0) is 20.3. The lowest BCUT2D eigenvalue weighted by atomic mass is 10.1.